The summed E-state index contributed by atoms with van der Waals surface area (Å²) in [6, 6.07) is 11.4. The summed E-state index contributed by atoms with van der Waals surface area (Å²) in [6.07, 6.45) is 1.62. The van der Waals surface area contributed by atoms with E-state index in [-0.39, 0.29) is 0 Å². The van der Waals surface area contributed by atoms with Crippen LogP contribution in [0.1, 0.15) is 6.92 Å². The normalized spacial score (nSPS) is 9.94. The van der Waals surface area contributed by atoms with Crippen LogP contribution in [0.5, 0.6) is 5.75 Å². The lowest BCUT2D eigenvalue weighted by Crippen LogP contribution is -1.96. The Morgan fingerprint density at radius 1 is 1.29 bits per heavy atom. The number of hydrogen-bond donors (Lipinski definition) is 2. The molecular weight excluding hydrogens is 214 g/mol. The zero-order valence-electron chi connectivity index (χ0n) is 9.68. The Kier molecular flexibility index (Phi) is 3.45. The van der Waals surface area contributed by atoms with Crippen molar-refractivity contribution >= 4 is 17.2 Å². The quantitative estimate of drug-likeness (QED) is 0.846. The highest BCUT2D eigenvalue weighted by Gasteiger charge is 1.98. The van der Waals surface area contributed by atoms with Gasteiger partial charge >= 0.3 is 0 Å². The van der Waals surface area contributed by atoms with Gasteiger partial charge in [-0.15, -0.1) is 0 Å². The summed E-state index contributed by atoms with van der Waals surface area (Å²) in [5.41, 5.74) is 7.16. The SMILES string of the molecule is CCOc1cccc(Nc2ccc(N)cn2)c1. The molecule has 1 heterocycles. The molecule has 0 saturated carbocycles. The molecule has 88 valence electrons. The van der Waals surface area contributed by atoms with Crippen molar-refractivity contribution < 1.29 is 4.74 Å². The van der Waals surface area contributed by atoms with Gasteiger partial charge < -0.3 is 15.8 Å². The van der Waals surface area contributed by atoms with Gasteiger partial charge in [0.2, 0.25) is 0 Å². The number of benzene rings is 1. The molecule has 0 radical (unpaired) electrons. The highest BCUT2D eigenvalue weighted by Crippen LogP contribution is 2.20. The van der Waals surface area contributed by atoms with Gasteiger partial charge in [-0.3, -0.25) is 0 Å². The minimum absolute atomic E-state index is 0.651. The number of ether oxygens (including phenoxy) is 1. The van der Waals surface area contributed by atoms with E-state index in [0.717, 1.165) is 17.3 Å². The lowest BCUT2D eigenvalue weighted by Gasteiger charge is -2.08. The van der Waals surface area contributed by atoms with Crippen molar-refractivity contribution in [1.29, 1.82) is 0 Å². The molecule has 4 heteroatoms. The van der Waals surface area contributed by atoms with Crippen LogP contribution < -0.4 is 15.8 Å². The summed E-state index contributed by atoms with van der Waals surface area (Å²) in [5.74, 6) is 1.60. The topological polar surface area (TPSA) is 60.2 Å². The minimum atomic E-state index is 0.651. The van der Waals surface area contributed by atoms with Crippen LogP contribution in [0.2, 0.25) is 0 Å². The highest BCUT2D eigenvalue weighted by atomic mass is 16.5. The maximum Gasteiger partial charge on any atom is 0.130 e. The average Bonchev–Trinajstić information content (AvgIpc) is 2.33. The number of hydrogen-bond acceptors (Lipinski definition) is 4. The van der Waals surface area contributed by atoms with Gasteiger partial charge in [0, 0.05) is 11.8 Å². The van der Waals surface area contributed by atoms with Crippen molar-refractivity contribution in [3.63, 3.8) is 0 Å². The first kappa shape index (κ1) is 11.3. The molecule has 0 aliphatic carbocycles. The molecule has 1 aromatic carbocycles. The van der Waals surface area contributed by atoms with Gasteiger partial charge in [0.05, 0.1) is 18.5 Å². The third kappa shape index (κ3) is 3.11. The number of nitrogens with one attached hydrogen (secondary N) is 1. The molecule has 1 aromatic heterocycles. The fourth-order valence-electron chi connectivity index (χ4n) is 1.46. The molecule has 0 fully saturated rings. The van der Waals surface area contributed by atoms with Crippen molar-refractivity contribution in [2.24, 2.45) is 0 Å². The second kappa shape index (κ2) is 5.21. The number of aromatic nitrogens is 1. The van der Waals surface area contributed by atoms with Crippen LogP contribution in [-0.2, 0) is 0 Å². The second-order valence-electron chi connectivity index (χ2n) is 3.56. The Balaban J connectivity index is 2.12. The monoisotopic (exact) mass is 229 g/mol. The van der Waals surface area contributed by atoms with E-state index in [9.17, 15) is 0 Å². The van der Waals surface area contributed by atoms with Crippen LogP contribution in [0.15, 0.2) is 42.6 Å². The number of nitrogens with two attached hydrogens (primary N) is 1. The molecule has 0 saturated heterocycles. The van der Waals surface area contributed by atoms with E-state index >= 15 is 0 Å². The summed E-state index contributed by atoms with van der Waals surface area (Å²) in [6.45, 7) is 2.62. The first-order chi connectivity index (χ1) is 8.28. The standard InChI is InChI=1S/C13H15N3O/c1-2-17-12-5-3-4-11(8-12)16-13-7-6-10(14)9-15-13/h3-9H,2,14H2,1H3,(H,15,16). The number of rotatable bonds is 4. The molecule has 0 aliphatic rings. The number of pyridine rings is 1. The van der Waals surface area contributed by atoms with E-state index in [0.29, 0.717) is 12.3 Å². The van der Waals surface area contributed by atoms with E-state index in [2.05, 4.69) is 10.3 Å². The van der Waals surface area contributed by atoms with E-state index in [1.807, 2.05) is 43.3 Å². The molecule has 0 bridgehead atoms. The molecule has 0 unspecified atom stereocenters. The van der Waals surface area contributed by atoms with Crippen LogP contribution in [0.3, 0.4) is 0 Å². The predicted molar refractivity (Wildman–Crippen MR) is 69.5 cm³/mol. The molecule has 0 amide bonds. The fraction of sp³-hybridized carbons (Fsp3) is 0.154. The van der Waals surface area contributed by atoms with Gasteiger partial charge in [-0.2, -0.15) is 0 Å². The molecular formula is C13H15N3O. The number of anilines is 3. The Morgan fingerprint density at radius 2 is 2.18 bits per heavy atom. The highest BCUT2D eigenvalue weighted by molar-refractivity contribution is 5.59. The molecule has 4 nitrogen and oxygen atoms in total. The Hall–Kier alpha value is -2.23. The third-order valence-corrected chi connectivity index (χ3v) is 2.20. The van der Waals surface area contributed by atoms with Crippen LogP contribution in [-0.4, -0.2) is 11.6 Å². The van der Waals surface area contributed by atoms with Crippen LogP contribution in [0, 0.1) is 0 Å². The van der Waals surface area contributed by atoms with Gasteiger partial charge in [-0.05, 0) is 31.2 Å². The van der Waals surface area contributed by atoms with Crippen molar-refractivity contribution in [2.75, 3.05) is 17.7 Å². The van der Waals surface area contributed by atoms with E-state index in [1.165, 1.54) is 0 Å². The lowest BCUT2D eigenvalue weighted by molar-refractivity contribution is 0.340. The smallest absolute Gasteiger partial charge is 0.130 e. The summed E-state index contributed by atoms with van der Waals surface area (Å²) in [7, 11) is 0. The van der Waals surface area contributed by atoms with Gasteiger partial charge in [0.15, 0.2) is 0 Å². The summed E-state index contributed by atoms with van der Waals surface area (Å²) >= 11 is 0. The molecule has 17 heavy (non-hydrogen) atoms. The van der Waals surface area contributed by atoms with E-state index in [1.54, 1.807) is 6.20 Å². The Bertz CT molecular complexity index is 482. The van der Waals surface area contributed by atoms with Gasteiger partial charge in [-0.1, -0.05) is 6.07 Å². The van der Waals surface area contributed by atoms with E-state index in [4.69, 9.17) is 10.5 Å². The Labute approximate surface area is 100 Å². The van der Waals surface area contributed by atoms with Gasteiger partial charge in [0.25, 0.3) is 0 Å². The largest absolute Gasteiger partial charge is 0.494 e. The Morgan fingerprint density at radius 3 is 2.88 bits per heavy atom. The summed E-state index contributed by atoms with van der Waals surface area (Å²) in [4.78, 5) is 4.17. The molecule has 2 aromatic rings. The zero-order chi connectivity index (χ0) is 12.1. The van der Waals surface area contributed by atoms with Crippen LogP contribution in [0.4, 0.5) is 17.2 Å². The van der Waals surface area contributed by atoms with E-state index < -0.39 is 0 Å². The van der Waals surface area contributed by atoms with Crippen molar-refractivity contribution in [1.82, 2.24) is 4.98 Å². The average molecular weight is 229 g/mol. The first-order valence-electron chi connectivity index (χ1n) is 5.49. The summed E-state index contributed by atoms with van der Waals surface area (Å²) < 4.78 is 5.42. The van der Waals surface area contributed by atoms with Gasteiger partial charge in [0.1, 0.15) is 11.6 Å². The van der Waals surface area contributed by atoms with Crippen molar-refractivity contribution in [3.8, 4) is 5.75 Å². The summed E-state index contributed by atoms with van der Waals surface area (Å²) in [5, 5.41) is 3.18. The van der Waals surface area contributed by atoms with Crippen molar-refractivity contribution in [3.05, 3.63) is 42.6 Å². The predicted octanol–water partition coefficient (Wildman–Crippen LogP) is 2.81. The molecule has 0 spiro atoms. The maximum absolute atomic E-state index is 5.57. The molecule has 0 aliphatic heterocycles. The fourth-order valence-corrected chi connectivity index (χ4v) is 1.46. The first-order valence-corrected chi connectivity index (χ1v) is 5.49. The molecule has 0 atom stereocenters. The number of nitrogen functional groups attached to an aromatic ring is 1. The third-order valence-electron chi connectivity index (χ3n) is 2.20. The zero-order valence-corrected chi connectivity index (χ0v) is 9.68. The lowest BCUT2D eigenvalue weighted by atomic mass is 10.3. The molecule has 3 N–H and O–H groups in total. The van der Waals surface area contributed by atoms with Gasteiger partial charge in [-0.25, -0.2) is 4.98 Å². The second-order valence-corrected chi connectivity index (χ2v) is 3.56. The van der Waals surface area contributed by atoms with Crippen LogP contribution in [0.25, 0.3) is 0 Å². The maximum atomic E-state index is 5.57. The van der Waals surface area contributed by atoms with Crippen molar-refractivity contribution in [2.45, 2.75) is 6.92 Å². The van der Waals surface area contributed by atoms with Crippen LogP contribution >= 0.6 is 0 Å². The minimum Gasteiger partial charge on any atom is -0.494 e. The number of nitrogens with zero attached hydrogens (tertiary/aromatic N) is 1. The molecule has 2 rings (SSSR count).